The summed E-state index contributed by atoms with van der Waals surface area (Å²) >= 11 is 10.7. The van der Waals surface area contributed by atoms with E-state index in [9.17, 15) is 9.59 Å². The maximum atomic E-state index is 13.4. The number of hydrogen-bond acceptors (Lipinski definition) is 11. The highest BCUT2D eigenvalue weighted by Gasteiger charge is 2.34. The van der Waals surface area contributed by atoms with Crippen molar-refractivity contribution in [2.24, 2.45) is 5.41 Å². The first-order valence-electron chi connectivity index (χ1n) is 21.4. The Bertz CT molecular complexity index is 3360. The number of alkyl carbamates (subject to hydrolysis) is 1. The Kier molecular flexibility index (Phi) is 13.5. The number of esters is 1. The lowest BCUT2D eigenvalue weighted by atomic mass is 9.97. The predicted molar refractivity (Wildman–Crippen MR) is 284 cm³/mol. The molecule has 1 unspecified atom stereocenters. The van der Waals surface area contributed by atoms with Crippen LogP contribution in [0.4, 0.5) is 4.79 Å². The zero-order valence-corrected chi connectivity index (χ0v) is 40.5. The molecule has 0 aliphatic rings. The van der Waals surface area contributed by atoms with Crippen molar-refractivity contribution in [2.75, 3.05) is 37.0 Å². The van der Waals surface area contributed by atoms with Gasteiger partial charge >= 0.3 is 12.1 Å². The second-order valence-corrected chi connectivity index (χ2v) is 22.2. The van der Waals surface area contributed by atoms with Crippen LogP contribution in [-0.2, 0) is 14.3 Å². The van der Waals surface area contributed by atoms with E-state index in [4.69, 9.17) is 14.5 Å². The summed E-state index contributed by atoms with van der Waals surface area (Å²) in [5, 5.41) is 7.86. The molecule has 328 valence electrons. The third-order valence-corrected chi connectivity index (χ3v) is 19.0. The Balaban J connectivity index is 0.989. The summed E-state index contributed by atoms with van der Waals surface area (Å²) in [6, 6.07) is 56.1. The van der Waals surface area contributed by atoms with Gasteiger partial charge in [0.15, 0.2) is 4.34 Å². The molecule has 6 nitrogen and oxygen atoms in total. The van der Waals surface area contributed by atoms with Crippen LogP contribution in [0.2, 0.25) is 0 Å². The number of hydrogen-bond donors (Lipinski definition) is 1. The third kappa shape index (κ3) is 9.62. The van der Waals surface area contributed by atoms with E-state index >= 15 is 0 Å². The molecule has 12 heteroatoms. The molecule has 0 aliphatic heterocycles. The minimum absolute atomic E-state index is 0.0131. The van der Waals surface area contributed by atoms with Gasteiger partial charge in [-0.2, -0.15) is 0 Å². The van der Waals surface area contributed by atoms with Gasteiger partial charge in [-0.1, -0.05) is 134 Å². The molecule has 1 amide bonds. The zero-order valence-electron chi connectivity index (χ0n) is 35.6. The van der Waals surface area contributed by atoms with Crippen molar-refractivity contribution in [2.45, 2.75) is 14.1 Å². The Labute approximate surface area is 407 Å². The first-order valence-corrected chi connectivity index (χ1v) is 26.8. The Morgan fingerprint density at radius 1 is 0.606 bits per heavy atom. The van der Waals surface area contributed by atoms with Gasteiger partial charge in [-0.05, 0) is 59.2 Å². The van der Waals surface area contributed by atoms with Gasteiger partial charge in [-0.25, -0.2) is 14.6 Å². The second kappa shape index (κ2) is 20.1. The van der Waals surface area contributed by atoms with Crippen LogP contribution in [0.3, 0.4) is 0 Å². The lowest BCUT2D eigenvalue weighted by Crippen LogP contribution is -2.39. The van der Waals surface area contributed by atoms with Crippen LogP contribution < -0.4 is 5.32 Å². The molecule has 1 atom stereocenters. The van der Waals surface area contributed by atoms with Crippen molar-refractivity contribution in [3.63, 3.8) is 0 Å². The first kappa shape index (κ1) is 44.2. The zero-order chi connectivity index (χ0) is 44.9. The Morgan fingerprint density at radius 3 is 1.97 bits per heavy atom. The van der Waals surface area contributed by atoms with E-state index in [0.717, 1.165) is 36.0 Å². The van der Waals surface area contributed by atoms with Crippen LogP contribution >= 0.6 is 69.3 Å². The lowest BCUT2D eigenvalue weighted by molar-refractivity contribution is -0.137. The molecule has 0 radical (unpaired) electrons. The first-order chi connectivity index (χ1) is 32.4. The van der Waals surface area contributed by atoms with Crippen LogP contribution in [0.1, 0.15) is 0 Å². The summed E-state index contributed by atoms with van der Waals surface area (Å²) in [5.41, 5.74) is 5.20. The van der Waals surface area contributed by atoms with Gasteiger partial charge in [-0.3, -0.25) is 0 Å². The molecular formula is C54H42N2O4S6. The predicted octanol–water partition coefficient (Wildman–Crippen LogP) is 15.5. The van der Waals surface area contributed by atoms with Gasteiger partial charge < -0.3 is 14.8 Å². The highest BCUT2D eigenvalue weighted by molar-refractivity contribution is 8.02. The van der Waals surface area contributed by atoms with E-state index in [1.807, 2.05) is 34.8 Å². The number of thioether (sulfide) groups is 3. The summed E-state index contributed by atoms with van der Waals surface area (Å²) in [5.74, 6) is 1.42. The molecule has 10 aromatic rings. The van der Waals surface area contributed by atoms with Crippen molar-refractivity contribution in [1.29, 1.82) is 0 Å². The Hall–Kier alpha value is -5.60. The summed E-state index contributed by atoms with van der Waals surface area (Å²) in [6.07, 6.45) is 0.538. The summed E-state index contributed by atoms with van der Waals surface area (Å²) < 4.78 is 18.5. The largest absolute Gasteiger partial charge is 0.461 e. The lowest BCUT2D eigenvalue weighted by Gasteiger charge is -2.32. The van der Waals surface area contributed by atoms with Gasteiger partial charge in [0.05, 0.1) is 16.8 Å². The number of rotatable bonds is 17. The number of nitrogens with zero attached hydrogens (tertiary/aromatic N) is 1. The smallest absolute Gasteiger partial charge is 0.407 e. The SMILES string of the molecule is C=CC(=O)OCCNC(=O)OCC(CSc1cccc(-c2cccc3c2sc2ccccc23)c1)(CSc1nc2ccccc2s1)CSc1ccccc1-c1cccc2c1sc1ccccc12. The minimum atomic E-state index is -0.565. The number of nitrogens with one attached hydrogen (secondary N) is 1. The van der Waals surface area contributed by atoms with Gasteiger partial charge in [0.2, 0.25) is 0 Å². The van der Waals surface area contributed by atoms with Gasteiger partial charge in [0.1, 0.15) is 13.2 Å². The normalized spacial score (nSPS) is 12.5. The van der Waals surface area contributed by atoms with Crippen LogP contribution in [0.15, 0.2) is 185 Å². The molecule has 10 rings (SSSR count). The summed E-state index contributed by atoms with van der Waals surface area (Å²) in [4.78, 5) is 32.4. The van der Waals surface area contributed by atoms with Crippen LogP contribution in [0.5, 0.6) is 0 Å². The fraction of sp³-hybridized carbons (Fsp3) is 0.130. The van der Waals surface area contributed by atoms with E-state index in [1.54, 1.807) is 46.6 Å². The number of fused-ring (bicyclic) bond motifs is 7. The van der Waals surface area contributed by atoms with Crippen molar-refractivity contribution < 1.29 is 19.1 Å². The minimum Gasteiger partial charge on any atom is -0.461 e. The van der Waals surface area contributed by atoms with Crippen molar-refractivity contribution in [1.82, 2.24) is 10.3 Å². The summed E-state index contributed by atoms with van der Waals surface area (Å²) in [6.45, 7) is 3.73. The number of benzene rings is 7. The number of para-hydroxylation sites is 1. The topological polar surface area (TPSA) is 77.5 Å². The van der Waals surface area contributed by atoms with E-state index in [-0.39, 0.29) is 19.8 Å². The fourth-order valence-corrected chi connectivity index (χ4v) is 15.5. The highest BCUT2D eigenvalue weighted by Crippen LogP contribution is 2.46. The third-order valence-electron chi connectivity index (χ3n) is 11.3. The molecule has 7 aromatic carbocycles. The number of thiazole rings is 1. The molecular weight excluding hydrogens is 933 g/mol. The average molecular weight is 975 g/mol. The molecule has 0 fully saturated rings. The van der Waals surface area contributed by atoms with Gasteiger partial charge in [-0.15, -0.1) is 57.5 Å². The molecule has 0 saturated heterocycles. The van der Waals surface area contributed by atoms with E-state index in [1.165, 1.54) is 57.0 Å². The number of ether oxygens (including phenoxy) is 2. The van der Waals surface area contributed by atoms with E-state index < -0.39 is 17.5 Å². The quantitative estimate of drug-likeness (QED) is 0.0418. The molecule has 0 spiro atoms. The molecule has 3 heterocycles. The maximum Gasteiger partial charge on any atom is 0.407 e. The van der Waals surface area contributed by atoms with Crippen molar-refractivity contribution in [3.05, 3.63) is 170 Å². The molecule has 0 bridgehead atoms. The number of thiophene rings is 2. The van der Waals surface area contributed by atoms with Crippen LogP contribution in [-0.4, -0.2) is 54.1 Å². The molecule has 3 aromatic heterocycles. The van der Waals surface area contributed by atoms with Gasteiger partial charge in [0.25, 0.3) is 0 Å². The van der Waals surface area contributed by atoms with Gasteiger partial charge in [0, 0.05) is 84.4 Å². The summed E-state index contributed by atoms with van der Waals surface area (Å²) in [7, 11) is 0. The average Bonchev–Trinajstić information content (AvgIpc) is 4.08. The standard InChI is InChI=1S/C54H42N2O4S6/c1-2-49(57)59-29-28-55-52(58)60-31-54(34-63-53-56-44-23-6-10-27-48(44)66-53,32-61-36-15-11-14-35(30-36)37-19-12-20-42-39-17-4-8-25-46(39)64-50(37)42)33-62-45-24-7-3-16-38(45)41-21-13-22-43-40-18-5-9-26-47(40)65-51(41)43/h2-27,30H,1,28-29,31-34H2,(H,55,58). The number of carbonyl (C=O) groups is 2. The highest BCUT2D eigenvalue weighted by atomic mass is 32.2. The second-order valence-electron chi connectivity index (χ2n) is 15.8. The monoisotopic (exact) mass is 974 g/mol. The maximum absolute atomic E-state index is 13.4. The Morgan fingerprint density at radius 2 is 1.21 bits per heavy atom. The number of carbonyl (C=O) groups excluding carboxylic acids is 2. The number of amides is 1. The molecule has 0 aliphatic carbocycles. The van der Waals surface area contributed by atoms with E-state index in [2.05, 4.69) is 157 Å². The molecule has 1 N–H and O–H groups in total. The number of aromatic nitrogens is 1. The van der Waals surface area contributed by atoms with Crippen molar-refractivity contribution in [3.8, 4) is 22.3 Å². The molecule has 66 heavy (non-hydrogen) atoms. The fourth-order valence-electron chi connectivity index (χ4n) is 7.98. The van der Waals surface area contributed by atoms with Crippen molar-refractivity contribution >= 4 is 132 Å². The molecule has 0 saturated carbocycles. The van der Waals surface area contributed by atoms with E-state index in [0.29, 0.717) is 17.3 Å². The van der Waals surface area contributed by atoms with Crippen LogP contribution in [0.25, 0.3) is 72.8 Å². The van der Waals surface area contributed by atoms with Crippen LogP contribution in [0, 0.1) is 5.41 Å².